The highest BCUT2D eigenvalue weighted by Crippen LogP contribution is 2.30. The average Bonchev–Trinajstić information content (AvgIpc) is 2.80. The van der Waals surface area contributed by atoms with Gasteiger partial charge in [0.15, 0.2) is 17.5 Å². The molecule has 0 aromatic heterocycles. The molecule has 1 fully saturated rings. The molecule has 3 rings (SSSR count). The Labute approximate surface area is 212 Å². The van der Waals surface area contributed by atoms with Crippen LogP contribution >= 0.6 is 24.0 Å². The van der Waals surface area contributed by atoms with Gasteiger partial charge >= 0.3 is 0 Å². The maximum Gasteiger partial charge on any atom is 0.195 e. The van der Waals surface area contributed by atoms with E-state index < -0.39 is 0 Å². The first-order valence-corrected chi connectivity index (χ1v) is 11.1. The van der Waals surface area contributed by atoms with Gasteiger partial charge in [-0.1, -0.05) is 12.1 Å². The molecule has 1 aliphatic rings. The number of halogens is 2. The van der Waals surface area contributed by atoms with Crippen molar-refractivity contribution in [1.29, 1.82) is 0 Å². The van der Waals surface area contributed by atoms with E-state index in [-0.39, 0.29) is 35.8 Å². The highest BCUT2D eigenvalue weighted by atomic mass is 127. The van der Waals surface area contributed by atoms with Crippen LogP contribution in [0.1, 0.15) is 25.5 Å². The highest BCUT2D eigenvalue weighted by molar-refractivity contribution is 14.0. The number of methoxy groups -OCH3 is 1. The van der Waals surface area contributed by atoms with Crippen molar-refractivity contribution in [3.63, 3.8) is 0 Å². The van der Waals surface area contributed by atoms with Crippen molar-refractivity contribution in [2.45, 2.75) is 19.9 Å². The molecule has 0 bridgehead atoms. The van der Waals surface area contributed by atoms with Crippen LogP contribution in [0.15, 0.2) is 47.5 Å². The fraction of sp³-hybridized carbons (Fsp3) is 0.458. The molecule has 2 aromatic rings. The average molecular weight is 572 g/mol. The number of guanidine groups is 1. The molecular weight excluding hydrogens is 538 g/mol. The molecule has 0 aliphatic carbocycles. The van der Waals surface area contributed by atoms with E-state index in [1.54, 1.807) is 19.2 Å². The summed E-state index contributed by atoms with van der Waals surface area (Å²) in [6.07, 6.45) is 0. The fourth-order valence-electron chi connectivity index (χ4n) is 3.68. The molecule has 9 heteroatoms. The monoisotopic (exact) mass is 572 g/mol. The van der Waals surface area contributed by atoms with Gasteiger partial charge < -0.3 is 24.8 Å². The van der Waals surface area contributed by atoms with Gasteiger partial charge in [0, 0.05) is 31.4 Å². The number of ether oxygens (including phenoxy) is 3. The number of hydrogen-bond acceptors (Lipinski definition) is 5. The van der Waals surface area contributed by atoms with Crippen LogP contribution in [0.25, 0.3) is 0 Å². The Bertz CT molecular complexity index is 894. The second-order valence-corrected chi connectivity index (χ2v) is 7.36. The third-order valence-corrected chi connectivity index (χ3v) is 5.21. The van der Waals surface area contributed by atoms with E-state index in [4.69, 9.17) is 19.2 Å². The van der Waals surface area contributed by atoms with Crippen LogP contribution in [-0.2, 0) is 4.74 Å². The minimum atomic E-state index is -0.239. The lowest BCUT2D eigenvalue weighted by atomic mass is 10.0. The number of rotatable bonds is 9. The summed E-state index contributed by atoms with van der Waals surface area (Å²) in [5, 5.41) is 6.62. The molecule has 2 N–H and O–H groups in total. The quantitative estimate of drug-likeness (QED) is 0.266. The molecule has 33 heavy (non-hydrogen) atoms. The zero-order valence-corrected chi connectivity index (χ0v) is 21.8. The molecule has 1 aliphatic heterocycles. The van der Waals surface area contributed by atoms with E-state index in [2.05, 4.69) is 15.5 Å². The molecule has 1 unspecified atom stereocenters. The summed E-state index contributed by atoms with van der Waals surface area (Å²) in [6, 6.07) is 12.4. The molecule has 0 spiro atoms. The van der Waals surface area contributed by atoms with Crippen LogP contribution in [0.2, 0.25) is 0 Å². The van der Waals surface area contributed by atoms with Crippen molar-refractivity contribution in [3.05, 3.63) is 53.8 Å². The Kier molecular flexibility index (Phi) is 11.7. The Morgan fingerprint density at radius 3 is 2.61 bits per heavy atom. The minimum Gasteiger partial charge on any atom is -0.493 e. The van der Waals surface area contributed by atoms with Gasteiger partial charge in [-0.25, -0.2) is 4.39 Å². The Hall–Kier alpha value is -2.11. The van der Waals surface area contributed by atoms with Gasteiger partial charge in [-0.2, -0.15) is 0 Å². The van der Waals surface area contributed by atoms with Gasteiger partial charge in [0.1, 0.15) is 5.82 Å². The molecule has 0 radical (unpaired) electrons. The molecule has 1 heterocycles. The van der Waals surface area contributed by atoms with E-state index in [1.807, 2.05) is 38.1 Å². The Morgan fingerprint density at radius 2 is 1.94 bits per heavy atom. The van der Waals surface area contributed by atoms with Crippen molar-refractivity contribution in [2.24, 2.45) is 4.99 Å². The maximum atomic E-state index is 13.9. The topological polar surface area (TPSA) is 67.4 Å². The van der Waals surface area contributed by atoms with Crippen LogP contribution in [-0.4, -0.2) is 64.0 Å². The van der Waals surface area contributed by atoms with E-state index in [0.717, 1.165) is 24.3 Å². The van der Waals surface area contributed by atoms with Crippen molar-refractivity contribution in [2.75, 3.05) is 58.4 Å². The minimum absolute atomic E-state index is 0. The van der Waals surface area contributed by atoms with Crippen LogP contribution < -0.4 is 20.1 Å². The second-order valence-electron chi connectivity index (χ2n) is 7.36. The summed E-state index contributed by atoms with van der Waals surface area (Å²) in [5.41, 5.74) is 1.75. The molecule has 1 atom stereocenters. The fourth-order valence-corrected chi connectivity index (χ4v) is 3.68. The summed E-state index contributed by atoms with van der Waals surface area (Å²) in [6.45, 7) is 8.60. The summed E-state index contributed by atoms with van der Waals surface area (Å²) in [4.78, 5) is 7.12. The van der Waals surface area contributed by atoms with E-state index >= 15 is 0 Å². The lowest BCUT2D eigenvalue weighted by Crippen LogP contribution is -2.41. The van der Waals surface area contributed by atoms with E-state index in [1.165, 1.54) is 6.07 Å². The smallest absolute Gasteiger partial charge is 0.195 e. The van der Waals surface area contributed by atoms with Crippen molar-refractivity contribution in [1.82, 2.24) is 10.2 Å². The van der Waals surface area contributed by atoms with Gasteiger partial charge in [-0.3, -0.25) is 9.89 Å². The molecule has 2 aromatic carbocycles. The molecular formula is C24H34FIN4O3. The number of nitrogens with zero attached hydrogens (tertiary/aromatic N) is 2. The lowest BCUT2D eigenvalue weighted by Gasteiger charge is -2.34. The van der Waals surface area contributed by atoms with E-state index in [9.17, 15) is 4.39 Å². The summed E-state index contributed by atoms with van der Waals surface area (Å²) in [5.74, 6) is 1.76. The van der Waals surface area contributed by atoms with E-state index in [0.29, 0.717) is 50.4 Å². The second kappa shape index (κ2) is 14.2. The molecule has 0 amide bonds. The van der Waals surface area contributed by atoms with Gasteiger partial charge in [-0.05, 0) is 43.7 Å². The first-order chi connectivity index (χ1) is 15.6. The van der Waals surface area contributed by atoms with Crippen LogP contribution in [0.5, 0.6) is 11.5 Å². The number of anilines is 1. The Morgan fingerprint density at radius 1 is 1.15 bits per heavy atom. The molecule has 1 saturated heterocycles. The lowest BCUT2D eigenvalue weighted by molar-refractivity contribution is 0.0179. The number of hydrogen-bond donors (Lipinski definition) is 2. The number of nitrogens with one attached hydrogen (secondary N) is 2. The maximum absolute atomic E-state index is 13.9. The summed E-state index contributed by atoms with van der Waals surface area (Å²) >= 11 is 0. The van der Waals surface area contributed by atoms with Gasteiger partial charge in [0.05, 0.1) is 39.5 Å². The molecule has 7 nitrogen and oxygen atoms in total. The zero-order chi connectivity index (χ0) is 22.8. The largest absolute Gasteiger partial charge is 0.493 e. The predicted octanol–water partition coefficient (Wildman–Crippen LogP) is 4.30. The zero-order valence-electron chi connectivity index (χ0n) is 19.5. The predicted molar refractivity (Wildman–Crippen MR) is 141 cm³/mol. The van der Waals surface area contributed by atoms with Gasteiger partial charge in [-0.15, -0.1) is 24.0 Å². The first kappa shape index (κ1) is 27.1. The third kappa shape index (κ3) is 8.01. The molecule has 182 valence electrons. The van der Waals surface area contributed by atoms with Crippen LogP contribution in [0, 0.1) is 5.82 Å². The van der Waals surface area contributed by atoms with Crippen molar-refractivity contribution >= 4 is 35.6 Å². The highest BCUT2D eigenvalue weighted by Gasteiger charge is 2.23. The molecule has 0 saturated carbocycles. The summed E-state index contributed by atoms with van der Waals surface area (Å²) < 4.78 is 30.5. The standard InChI is InChI=1S/C24H33FN4O3.HI/c1-4-26-24(28-20-9-10-22(30-3)23(16-20)32-5-2)27-17-21(29-11-13-31-14-12-29)18-7-6-8-19(25)15-18;/h6-10,15-16,21H,4-5,11-14,17H2,1-3H3,(H2,26,27,28);1H. The van der Waals surface area contributed by atoms with Crippen molar-refractivity contribution in [3.8, 4) is 11.5 Å². The first-order valence-electron chi connectivity index (χ1n) is 11.1. The van der Waals surface area contributed by atoms with Gasteiger partial charge in [0.2, 0.25) is 0 Å². The van der Waals surface area contributed by atoms with Crippen LogP contribution in [0.3, 0.4) is 0 Å². The van der Waals surface area contributed by atoms with Crippen molar-refractivity contribution < 1.29 is 18.6 Å². The third-order valence-electron chi connectivity index (χ3n) is 5.21. The van der Waals surface area contributed by atoms with Crippen LogP contribution in [0.4, 0.5) is 10.1 Å². The SMILES string of the molecule is CCNC(=NCC(c1cccc(F)c1)N1CCOCC1)Nc1ccc(OC)c(OCC)c1.I. The Balaban J connectivity index is 0.00000385. The normalized spacial score (nSPS) is 15.3. The number of morpholine rings is 1. The number of benzene rings is 2. The summed E-state index contributed by atoms with van der Waals surface area (Å²) in [7, 11) is 1.62. The number of aliphatic imine (C=N–C) groups is 1. The van der Waals surface area contributed by atoms with Gasteiger partial charge in [0.25, 0.3) is 0 Å².